The van der Waals surface area contributed by atoms with Crippen LogP contribution >= 0.6 is 12.2 Å². The van der Waals surface area contributed by atoms with Crippen molar-refractivity contribution >= 4 is 23.5 Å². The number of aromatic nitrogens is 1. The van der Waals surface area contributed by atoms with Crippen molar-refractivity contribution in [1.29, 1.82) is 0 Å². The lowest BCUT2D eigenvalue weighted by molar-refractivity contribution is 0.246. The molecule has 5 unspecified atom stereocenters. The Labute approximate surface area is 136 Å². The molecular formula is C17H20N4S. The first-order valence-corrected chi connectivity index (χ1v) is 8.38. The number of thiocarbonyl (C=S) groups is 1. The molecule has 2 saturated carbocycles. The van der Waals surface area contributed by atoms with Gasteiger partial charge in [0.05, 0.1) is 6.21 Å². The molecule has 114 valence electrons. The fraction of sp³-hybridized carbons (Fsp3) is 0.471. The first-order valence-electron chi connectivity index (χ1n) is 7.97. The molecule has 2 N–H and O–H groups in total. The summed E-state index contributed by atoms with van der Waals surface area (Å²) in [5.74, 6) is 3.31. The zero-order valence-electron chi connectivity index (χ0n) is 12.4. The van der Waals surface area contributed by atoms with Gasteiger partial charge in [-0.3, -0.25) is 10.4 Å². The standard InChI is InChI=1S/C17H20N4S/c22-17(21-19-10-11-3-2-6-18-9-11)20-16-8-12-7-15(16)14-5-1-4-13(12)14/h1-3,5-6,9-10,12-16H,4,7-8H2,(H2,20,21,22)/b19-10+. The molecule has 0 amide bonds. The van der Waals surface area contributed by atoms with Crippen molar-refractivity contribution in [2.24, 2.45) is 28.8 Å². The van der Waals surface area contributed by atoms with Crippen molar-refractivity contribution in [3.05, 3.63) is 42.2 Å². The number of rotatable bonds is 3. The topological polar surface area (TPSA) is 49.3 Å². The molecule has 4 rings (SSSR count). The summed E-state index contributed by atoms with van der Waals surface area (Å²) in [6.07, 6.45) is 13.9. The largest absolute Gasteiger partial charge is 0.358 e. The highest BCUT2D eigenvalue weighted by Crippen LogP contribution is 2.56. The molecule has 1 heterocycles. The molecule has 1 aromatic heterocycles. The van der Waals surface area contributed by atoms with Gasteiger partial charge in [-0.15, -0.1) is 0 Å². The molecule has 0 radical (unpaired) electrons. The van der Waals surface area contributed by atoms with Crippen molar-refractivity contribution in [1.82, 2.24) is 15.7 Å². The fourth-order valence-electron chi connectivity index (χ4n) is 4.53. The summed E-state index contributed by atoms with van der Waals surface area (Å²) in [5, 5.41) is 8.27. The third-order valence-corrected chi connectivity index (χ3v) is 5.60. The van der Waals surface area contributed by atoms with Crippen LogP contribution in [0.2, 0.25) is 0 Å². The molecule has 0 spiro atoms. The summed E-state index contributed by atoms with van der Waals surface area (Å²) < 4.78 is 0. The normalized spacial score (nSPS) is 35.0. The minimum atomic E-state index is 0.502. The van der Waals surface area contributed by atoms with Gasteiger partial charge in [0, 0.05) is 24.0 Å². The second-order valence-corrected chi connectivity index (χ2v) is 6.94. The predicted molar refractivity (Wildman–Crippen MR) is 91.4 cm³/mol. The highest BCUT2D eigenvalue weighted by molar-refractivity contribution is 7.80. The van der Waals surface area contributed by atoms with E-state index in [2.05, 4.69) is 33.0 Å². The van der Waals surface area contributed by atoms with Crippen LogP contribution in [0.25, 0.3) is 0 Å². The van der Waals surface area contributed by atoms with E-state index in [4.69, 9.17) is 12.2 Å². The Morgan fingerprint density at radius 3 is 3.18 bits per heavy atom. The van der Waals surface area contributed by atoms with Gasteiger partial charge >= 0.3 is 0 Å². The van der Waals surface area contributed by atoms with Crippen LogP contribution in [0.3, 0.4) is 0 Å². The lowest BCUT2D eigenvalue weighted by Crippen LogP contribution is -2.45. The van der Waals surface area contributed by atoms with Crippen LogP contribution in [0.1, 0.15) is 24.8 Å². The molecule has 4 nitrogen and oxygen atoms in total. The highest BCUT2D eigenvalue weighted by atomic mass is 32.1. The number of nitrogens with zero attached hydrogens (tertiary/aromatic N) is 2. The van der Waals surface area contributed by atoms with Crippen molar-refractivity contribution in [2.75, 3.05) is 0 Å². The minimum absolute atomic E-state index is 0.502. The Morgan fingerprint density at radius 2 is 2.32 bits per heavy atom. The molecule has 0 aromatic carbocycles. The van der Waals surface area contributed by atoms with Crippen LogP contribution in [0.4, 0.5) is 0 Å². The van der Waals surface area contributed by atoms with Gasteiger partial charge in [0.15, 0.2) is 5.11 Å². The first kappa shape index (κ1) is 13.9. The van der Waals surface area contributed by atoms with Crippen LogP contribution in [0.5, 0.6) is 0 Å². The predicted octanol–water partition coefficient (Wildman–Crippen LogP) is 2.48. The Kier molecular flexibility index (Phi) is 3.66. The molecule has 1 aromatic rings. The minimum Gasteiger partial charge on any atom is -0.358 e. The van der Waals surface area contributed by atoms with Crippen molar-refractivity contribution in [3.63, 3.8) is 0 Å². The second-order valence-electron chi connectivity index (χ2n) is 6.54. The summed E-state index contributed by atoms with van der Waals surface area (Å²) in [6, 6.07) is 4.35. The maximum atomic E-state index is 5.37. The van der Waals surface area contributed by atoms with E-state index in [0.717, 1.165) is 29.2 Å². The molecule has 22 heavy (non-hydrogen) atoms. The maximum absolute atomic E-state index is 5.37. The molecular weight excluding hydrogens is 292 g/mol. The van der Waals surface area contributed by atoms with Crippen molar-refractivity contribution < 1.29 is 0 Å². The van der Waals surface area contributed by atoms with E-state index in [1.165, 1.54) is 19.3 Å². The third-order valence-electron chi connectivity index (χ3n) is 5.39. The fourth-order valence-corrected chi connectivity index (χ4v) is 4.73. The Bertz CT molecular complexity index is 612. The number of allylic oxidation sites excluding steroid dienone is 2. The van der Waals surface area contributed by atoms with Crippen LogP contribution in [-0.2, 0) is 0 Å². The number of hydrazone groups is 1. The van der Waals surface area contributed by atoms with Gasteiger partial charge in [0.2, 0.25) is 0 Å². The van der Waals surface area contributed by atoms with E-state index in [0.29, 0.717) is 11.2 Å². The SMILES string of the molecule is S=C(N/N=C/c1cccnc1)NC1CC2CC1C1C=CCC21. The van der Waals surface area contributed by atoms with E-state index < -0.39 is 0 Å². The molecule has 0 aliphatic heterocycles. The van der Waals surface area contributed by atoms with E-state index in [-0.39, 0.29) is 0 Å². The molecule has 3 aliphatic rings. The summed E-state index contributed by atoms with van der Waals surface area (Å²) in [6.45, 7) is 0. The number of nitrogens with one attached hydrogen (secondary N) is 2. The van der Waals surface area contributed by atoms with E-state index in [9.17, 15) is 0 Å². The van der Waals surface area contributed by atoms with E-state index >= 15 is 0 Å². The van der Waals surface area contributed by atoms with E-state index in [1.807, 2.05) is 12.1 Å². The highest BCUT2D eigenvalue weighted by Gasteiger charge is 2.52. The zero-order chi connectivity index (χ0) is 14.9. The van der Waals surface area contributed by atoms with Crippen LogP contribution in [0, 0.1) is 23.7 Å². The summed E-state index contributed by atoms with van der Waals surface area (Å²) in [4.78, 5) is 4.05. The molecule has 0 saturated heterocycles. The monoisotopic (exact) mass is 312 g/mol. The number of fused-ring (bicyclic) bond motifs is 5. The van der Waals surface area contributed by atoms with Gasteiger partial charge < -0.3 is 5.32 Å². The van der Waals surface area contributed by atoms with Gasteiger partial charge in [-0.1, -0.05) is 18.2 Å². The maximum Gasteiger partial charge on any atom is 0.187 e. The van der Waals surface area contributed by atoms with Gasteiger partial charge in [0.25, 0.3) is 0 Å². The average Bonchev–Trinajstić information content (AvgIpc) is 3.20. The zero-order valence-corrected chi connectivity index (χ0v) is 13.2. The Balaban J connectivity index is 1.30. The summed E-state index contributed by atoms with van der Waals surface area (Å²) >= 11 is 5.37. The number of pyridine rings is 1. The molecule has 5 heteroatoms. The lowest BCUT2D eigenvalue weighted by Gasteiger charge is -2.32. The van der Waals surface area contributed by atoms with Crippen LogP contribution in [-0.4, -0.2) is 22.4 Å². The third kappa shape index (κ3) is 2.54. The van der Waals surface area contributed by atoms with Gasteiger partial charge in [-0.2, -0.15) is 5.10 Å². The van der Waals surface area contributed by atoms with Gasteiger partial charge in [-0.05, 0) is 61.2 Å². The average molecular weight is 312 g/mol. The molecule has 2 bridgehead atoms. The van der Waals surface area contributed by atoms with Gasteiger partial charge in [-0.25, -0.2) is 0 Å². The second kappa shape index (κ2) is 5.80. The number of hydrogen-bond donors (Lipinski definition) is 2. The summed E-state index contributed by atoms with van der Waals surface area (Å²) in [5.41, 5.74) is 3.88. The van der Waals surface area contributed by atoms with Crippen molar-refractivity contribution in [2.45, 2.75) is 25.3 Å². The van der Waals surface area contributed by atoms with Gasteiger partial charge in [0.1, 0.15) is 0 Å². The first-order chi connectivity index (χ1) is 10.8. The van der Waals surface area contributed by atoms with Crippen LogP contribution in [0.15, 0.2) is 41.8 Å². The van der Waals surface area contributed by atoms with Crippen molar-refractivity contribution in [3.8, 4) is 0 Å². The molecule has 3 aliphatic carbocycles. The van der Waals surface area contributed by atoms with Crippen LogP contribution < -0.4 is 10.7 Å². The number of hydrogen-bond acceptors (Lipinski definition) is 3. The molecule has 2 fully saturated rings. The Hall–Kier alpha value is -1.75. The summed E-state index contributed by atoms with van der Waals surface area (Å²) in [7, 11) is 0. The quantitative estimate of drug-likeness (QED) is 0.390. The molecule has 5 atom stereocenters. The Morgan fingerprint density at radius 1 is 1.36 bits per heavy atom. The smallest absolute Gasteiger partial charge is 0.187 e. The van der Waals surface area contributed by atoms with E-state index in [1.54, 1.807) is 18.6 Å². The lowest BCUT2D eigenvalue weighted by atomic mass is 9.79.